The molecule has 0 aliphatic rings. The molecule has 142 valence electrons. The van der Waals surface area contributed by atoms with Crippen molar-refractivity contribution in [2.45, 2.75) is 0 Å². The van der Waals surface area contributed by atoms with Gasteiger partial charge in [0, 0.05) is 11.1 Å². The molecule has 0 saturated heterocycles. The van der Waals surface area contributed by atoms with Gasteiger partial charge < -0.3 is 18.6 Å². The number of aromatic amines is 1. The first-order valence-corrected chi connectivity index (χ1v) is 8.67. The summed E-state index contributed by atoms with van der Waals surface area (Å²) < 4.78 is 21.7. The lowest BCUT2D eigenvalue weighted by molar-refractivity contribution is 0.324. The fourth-order valence-electron chi connectivity index (χ4n) is 3.29. The highest BCUT2D eigenvalue weighted by Crippen LogP contribution is 2.42. The molecule has 0 saturated carbocycles. The zero-order chi connectivity index (χ0) is 19.7. The Labute approximate surface area is 161 Å². The first kappa shape index (κ1) is 17.7. The first-order valence-electron chi connectivity index (χ1n) is 8.67. The summed E-state index contributed by atoms with van der Waals surface area (Å²) in [6, 6.07) is 17.5. The third-order valence-electron chi connectivity index (χ3n) is 4.61. The maximum atomic E-state index is 12.0. The lowest BCUT2D eigenvalue weighted by Gasteiger charge is -2.13. The van der Waals surface area contributed by atoms with E-state index in [1.54, 1.807) is 26.4 Å². The molecule has 0 atom stereocenters. The van der Waals surface area contributed by atoms with Crippen LogP contribution in [0.2, 0.25) is 0 Å². The molecule has 6 heteroatoms. The van der Waals surface area contributed by atoms with Gasteiger partial charge in [0.1, 0.15) is 0 Å². The lowest BCUT2D eigenvalue weighted by Crippen LogP contribution is -1.96. The molecule has 0 spiro atoms. The highest BCUT2D eigenvalue weighted by atomic mass is 16.5. The van der Waals surface area contributed by atoms with Crippen molar-refractivity contribution < 1.29 is 18.6 Å². The van der Waals surface area contributed by atoms with E-state index in [1.165, 1.54) is 7.11 Å². The second kappa shape index (κ2) is 7.15. The Balaban J connectivity index is 1.91. The Kier molecular flexibility index (Phi) is 4.53. The second-order valence-electron chi connectivity index (χ2n) is 6.19. The third-order valence-corrected chi connectivity index (χ3v) is 4.61. The maximum absolute atomic E-state index is 12.0. The number of methoxy groups -OCH3 is 3. The highest BCUT2D eigenvalue weighted by Gasteiger charge is 2.20. The molecule has 0 radical (unpaired) electrons. The normalized spacial score (nSPS) is 10.8. The van der Waals surface area contributed by atoms with Crippen molar-refractivity contribution in [3.05, 3.63) is 65.1 Å². The largest absolute Gasteiger partial charge is 0.493 e. The molecular formula is C22H19NO5. The third kappa shape index (κ3) is 2.99. The van der Waals surface area contributed by atoms with Crippen LogP contribution in [0, 0.1) is 0 Å². The summed E-state index contributed by atoms with van der Waals surface area (Å²) in [5, 5.41) is 2.18. The molecule has 28 heavy (non-hydrogen) atoms. The molecule has 1 heterocycles. The van der Waals surface area contributed by atoms with Crippen molar-refractivity contribution in [1.82, 2.24) is 4.98 Å². The molecule has 4 rings (SSSR count). The van der Waals surface area contributed by atoms with Crippen LogP contribution in [0.25, 0.3) is 33.4 Å². The van der Waals surface area contributed by atoms with Crippen LogP contribution >= 0.6 is 0 Å². The van der Waals surface area contributed by atoms with Gasteiger partial charge in [0.25, 0.3) is 0 Å². The van der Waals surface area contributed by atoms with Crippen molar-refractivity contribution in [3.63, 3.8) is 0 Å². The van der Waals surface area contributed by atoms with Crippen molar-refractivity contribution >= 4 is 10.8 Å². The number of rotatable bonds is 5. The topological polar surface area (TPSA) is 73.7 Å². The Morgan fingerprint density at radius 3 is 2.11 bits per heavy atom. The Hall–Kier alpha value is -3.67. The van der Waals surface area contributed by atoms with Gasteiger partial charge in [-0.25, -0.2) is 4.79 Å². The lowest BCUT2D eigenvalue weighted by atomic mass is 10.0. The van der Waals surface area contributed by atoms with Gasteiger partial charge in [0.05, 0.1) is 27.0 Å². The minimum atomic E-state index is -0.535. The van der Waals surface area contributed by atoms with Crippen molar-refractivity contribution in [3.8, 4) is 39.8 Å². The minimum Gasteiger partial charge on any atom is -0.493 e. The molecule has 1 N–H and O–H groups in total. The van der Waals surface area contributed by atoms with Gasteiger partial charge >= 0.3 is 5.76 Å². The maximum Gasteiger partial charge on any atom is 0.417 e. The number of hydrogen-bond donors (Lipinski definition) is 1. The van der Waals surface area contributed by atoms with Gasteiger partial charge in [0.15, 0.2) is 17.3 Å². The zero-order valence-electron chi connectivity index (χ0n) is 15.7. The Morgan fingerprint density at radius 2 is 1.46 bits per heavy atom. The standard InChI is InChI=1S/C22H19NO5/c1-25-17-11-16(12-18(26-2)21(17)27-3)20-19(23-22(24)28-20)15-9-8-13-6-4-5-7-14(13)10-15/h4-12H,1-3H3,(H,23,24). The minimum absolute atomic E-state index is 0.402. The van der Waals surface area contributed by atoms with Crippen LogP contribution in [0.3, 0.4) is 0 Å². The van der Waals surface area contributed by atoms with Crippen molar-refractivity contribution in [2.24, 2.45) is 0 Å². The summed E-state index contributed by atoms with van der Waals surface area (Å²) in [5.41, 5.74) is 2.06. The van der Waals surface area contributed by atoms with Gasteiger partial charge in [-0.1, -0.05) is 36.4 Å². The molecule has 4 aromatic rings. The van der Waals surface area contributed by atoms with E-state index in [9.17, 15) is 4.79 Å². The van der Waals surface area contributed by atoms with Crippen LogP contribution in [0.1, 0.15) is 0 Å². The number of fused-ring (bicyclic) bond motifs is 1. The Bertz CT molecular complexity index is 1180. The molecule has 0 aliphatic heterocycles. The van der Waals surface area contributed by atoms with Crippen molar-refractivity contribution in [1.29, 1.82) is 0 Å². The SMILES string of the molecule is COc1cc(-c2oc(=O)[nH]c2-c2ccc3ccccc3c2)cc(OC)c1OC. The summed E-state index contributed by atoms with van der Waals surface area (Å²) >= 11 is 0. The second-order valence-corrected chi connectivity index (χ2v) is 6.19. The summed E-state index contributed by atoms with van der Waals surface area (Å²) in [5.74, 6) is 1.29. The van der Waals surface area contributed by atoms with Crippen LogP contribution < -0.4 is 20.0 Å². The van der Waals surface area contributed by atoms with Crippen LogP contribution in [0.4, 0.5) is 0 Å². The van der Waals surface area contributed by atoms with Gasteiger partial charge in [-0.3, -0.25) is 4.98 Å². The number of nitrogens with one attached hydrogen (secondary N) is 1. The van der Waals surface area contributed by atoms with Crippen LogP contribution in [0.15, 0.2) is 63.8 Å². The number of hydrogen-bond acceptors (Lipinski definition) is 5. The van der Waals surface area contributed by atoms with Crippen LogP contribution in [0.5, 0.6) is 17.2 Å². The van der Waals surface area contributed by atoms with E-state index in [4.69, 9.17) is 18.6 Å². The Morgan fingerprint density at radius 1 is 0.786 bits per heavy atom. The molecule has 1 aromatic heterocycles. The molecule has 0 bridgehead atoms. The van der Waals surface area contributed by atoms with Gasteiger partial charge in [-0.15, -0.1) is 0 Å². The summed E-state index contributed by atoms with van der Waals surface area (Å²) in [6.07, 6.45) is 0. The summed E-state index contributed by atoms with van der Waals surface area (Å²) in [4.78, 5) is 14.8. The van der Waals surface area contributed by atoms with E-state index in [0.29, 0.717) is 34.3 Å². The number of benzene rings is 3. The van der Waals surface area contributed by atoms with E-state index in [1.807, 2.05) is 42.5 Å². The van der Waals surface area contributed by atoms with Crippen LogP contribution in [-0.2, 0) is 0 Å². The zero-order valence-corrected chi connectivity index (χ0v) is 15.7. The molecule has 0 aliphatic carbocycles. The van der Waals surface area contributed by atoms with E-state index in [-0.39, 0.29) is 0 Å². The van der Waals surface area contributed by atoms with Crippen molar-refractivity contribution in [2.75, 3.05) is 21.3 Å². The number of ether oxygens (including phenoxy) is 3. The number of oxazole rings is 1. The van der Waals surface area contributed by atoms with E-state index in [2.05, 4.69) is 4.98 Å². The molecule has 0 unspecified atom stereocenters. The molecule has 3 aromatic carbocycles. The van der Waals surface area contributed by atoms with E-state index < -0.39 is 5.76 Å². The fraction of sp³-hybridized carbons (Fsp3) is 0.136. The van der Waals surface area contributed by atoms with Gasteiger partial charge in [-0.05, 0) is 29.0 Å². The monoisotopic (exact) mass is 377 g/mol. The number of H-pyrrole nitrogens is 1. The average molecular weight is 377 g/mol. The molecule has 6 nitrogen and oxygen atoms in total. The van der Waals surface area contributed by atoms with Crippen LogP contribution in [-0.4, -0.2) is 26.3 Å². The quantitative estimate of drug-likeness (QED) is 0.555. The first-order chi connectivity index (χ1) is 13.6. The highest BCUT2D eigenvalue weighted by molar-refractivity contribution is 5.89. The average Bonchev–Trinajstić information content (AvgIpc) is 3.13. The fourth-order valence-corrected chi connectivity index (χ4v) is 3.29. The summed E-state index contributed by atoms with van der Waals surface area (Å²) in [7, 11) is 4.62. The molecule has 0 fully saturated rings. The smallest absolute Gasteiger partial charge is 0.417 e. The predicted molar refractivity (Wildman–Crippen MR) is 107 cm³/mol. The number of aromatic nitrogens is 1. The van der Waals surface area contributed by atoms with Gasteiger partial charge in [0.2, 0.25) is 5.75 Å². The molecular weight excluding hydrogens is 358 g/mol. The predicted octanol–water partition coefficient (Wildman–Crippen LogP) is 4.48. The van der Waals surface area contributed by atoms with Gasteiger partial charge in [-0.2, -0.15) is 0 Å². The van der Waals surface area contributed by atoms with E-state index in [0.717, 1.165) is 16.3 Å². The summed E-state index contributed by atoms with van der Waals surface area (Å²) in [6.45, 7) is 0. The van der Waals surface area contributed by atoms with E-state index >= 15 is 0 Å². The molecule has 0 amide bonds.